The van der Waals surface area contributed by atoms with Crippen LogP contribution in [0.25, 0.3) is 0 Å². The van der Waals surface area contributed by atoms with Crippen molar-refractivity contribution in [3.63, 3.8) is 0 Å². The van der Waals surface area contributed by atoms with E-state index in [9.17, 15) is 5.11 Å². The zero-order valence-corrected chi connectivity index (χ0v) is 8.35. The van der Waals surface area contributed by atoms with Crippen LogP contribution in [0.5, 0.6) is 0 Å². The van der Waals surface area contributed by atoms with E-state index in [1.165, 1.54) is 12.8 Å². The summed E-state index contributed by atoms with van der Waals surface area (Å²) in [5, 5.41) is 9.61. The Balaban J connectivity index is 3.44. The summed E-state index contributed by atoms with van der Waals surface area (Å²) in [5.41, 5.74) is 0.0632. The third kappa shape index (κ3) is 5.25. The Bertz CT molecular complexity index is 91.5. The van der Waals surface area contributed by atoms with Gasteiger partial charge in [0, 0.05) is 0 Å². The number of hydrogen-bond donors (Lipinski definition) is 1. The summed E-state index contributed by atoms with van der Waals surface area (Å²) < 4.78 is 0. The van der Waals surface area contributed by atoms with Gasteiger partial charge in [-0.2, -0.15) is 0 Å². The lowest BCUT2D eigenvalue weighted by Crippen LogP contribution is -2.25. The van der Waals surface area contributed by atoms with Crippen molar-refractivity contribution >= 4 is 0 Å². The van der Waals surface area contributed by atoms with Gasteiger partial charge in [-0.1, -0.05) is 47.0 Å². The van der Waals surface area contributed by atoms with Crippen molar-refractivity contribution in [1.82, 2.24) is 0 Å². The fourth-order valence-corrected chi connectivity index (χ4v) is 1.02. The van der Waals surface area contributed by atoms with Gasteiger partial charge in [0.2, 0.25) is 0 Å². The molecule has 1 heteroatoms. The zero-order valence-electron chi connectivity index (χ0n) is 8.35. The van der Waals surface area contributed by atoms with Crippen LogP contribution in [0, 0.1) is 5.41 Å². The lowest BCUT2D eigenvalue weighted by atomic mass is 9.86. The Kier molecular flexibility index (Phi) is 4.74. The summed E-state index contributed by atoms with van der Waals surface area (Å²) in [6.07, 6.45) is 4.46. The Morgan fingerprint density at radius 1 is 1.18 bits per heavy atom. The Morgan fingerprint density at radius 3 is 2.09 bits per heavy atom. The number of aliphatic hydroxyl groups is 1. The van der Waals surface area contributed by atoms with Gasteiger partial charge in [-0.05, 0) is 11.8 Å². The van der Waals surface area contributed by atoms with Crippen molar-refractivity contribution < 1.29 is 5.11 Å². The highest BCUT2D eigenvalue weighted by Crippen LogP contribution is 2.23. The maximum atomic E-state index is 9.61. The Hall–Kier alpha value is -0.0400. The van der Waals surface area contributed by atoms with Gasteiger partial charge in [0.25, 0.3) is 0 Å². The highest BCUT2D eigenvalue weighted by atomic mass is 16.3. The molecule has 0 amide bonds. The average Bonchev–Trinajstić information content (AvgIpc) is 1.86. The average molecular weight is 158 g/mol. The molecule has 0 fully saturated rings. The maximum Gasteiger partial charge on any atom is 0.0588 e. The number of unbranched alkanes of at least 4 members (excludes halogenated alkanes) is 2. The second-order valence-electron chi connectivity index (χ2n) is 4.38. The lowest BCUT2D eigenvalue weighted by molar-refractivity contribution is 0.0535. The molecule has 1 nitrogen and oxygen atoms in total. The Morgan fingerprint density at radius 2 is 1.73 bits per heavy atom. The fraction of sp³-hybridized carbons (Fsp3) is 1.00. The minimum Gasteiger partial charge on any atom is -0.393 e. The van der Waals surface area contributed by atoms with E-state index in [0.29, 0.717) is 0 Å². The molecule has 0 saturated heterocycles. The molecule has 0 aliphatic heterocycles. The van der Waals surface area contributed by atoms with E-state index in [1.54, 1.807) is 0 Å². The van der Waals surface area contributed by atoms with E-state index in [0.717, 1.165) is 12.8 Å². The van der Waals surface area contributed by atoms with Crippen LogP contribution >= 0.6 is 0 Å². The molecular weight excluding hydrogens is 136 g/mol. The van der Waals surface area contributed by atoms with E-state index in [-0.39, 0.29) is 11.5 Å². The van der Waals surface area contributed by atoms with Gasteiger partial charge in [-0.3, -0.25) is 0 Å². The van der Waals surface area contributed by atoms with Crippen molar-refractivity contribution in [2.75, 3.05) is 0 Å². The second kappa shape index (κ2) is 4.76. The van der Waals surface area contributed by atoms with Crippen LogP contribution in [0.15, 0.2) is 0 Å². The van der Waals surface area contributed by atoms with Crippen LogP contribution in [0.4, 0.5) is 0 Å². The highest BCUT2D eigenvalue weighted by Gasteiger charge is 2.20. The lowest BCUT2D eigenvalue weighted by Gasteiger charge is -2.25. The van der Waals surface area contributed by atoms with Gasteiger partial charge >= 0.3 is 0 Å². The summed E-state index contributed by atoms with van der Waals surface area (Å²) in [5.74, 6) is 0. The minimum absolute atomic E-state index is 0.0632. The van der Waals surface area contributed by atoms with E-state index in [2.05, 4.69) is 27.7 Å². The quantitative estimate of drug-likeness (QED) is 0.624. The molecule has 1 N–H and O–H groups in total. The van der Waals surface area contributed by atoms with Gasteiger partial charge in [0.15, 0.2) is 0 Å². The molecular formula is C10H22O. The van der Waals surface area contributed by atoms with Crippen molar-refractivity contribution in [1.29, 1.82) is 0 Å². The zero-order chi connectivity index (χ0) is 8.91. The first-order valence-corrected chi connectivity index (χ1v) is 4.66. The van der Waals surface area contributed by atoms with E-state index in [1.807, 2.05) is 0 Å². The van der Waals surface area contributed by atoms with Gasteiger partial charge in [0.05, 0.1) is 6.10 Å². The summed E-state index contributed by atoms with van der Waals surface area (Å²) in [7, 11) is 0. The first-order valence-electron chi connectivity index (χ1n) is 4.66. The molecule has 0 spiro atoms. The first-order chi connectivity index (χ1) is 4.98. The molecule has 1 atom stereocenters. The highest BCUT2D eigenvalue weighted by molar-refractivity contribution is 4.71. The smallest absolute Gasteiger partial charge is 0.0588 e. The van der Waals surface area contributed by atoms with Gasteiger partial charge in [0.1, 0.15) is 0 Å². The number of rotatable bonds is 4. The van der Waals surface area contributed by atoms with E-state index >= 15 is 0 Å². The molecule has 0 rings (SSSR count). The summed E-state index contributed by atoms with van der Waals surface area (Å²) >= 11 is 0. The van der Waals surface area contributed by atoms with E-state index < -0.39 is 0 Å². The molecule has 0 bridgehead atoms. The van der Waals surface area contributed by atoms with Crippen molar-refractivity contribution in [2.45, 2.75) is 59.5 Å². The predicted octanol–water partition coefficient (Wildman–Crippen LogP) is 2.97. The van der Waals surface area contributed by atoms with Crippen molar-refractivity contribution in [2.24, 2.45) is 5.41 Å². The molecule has 0 aromatic carbocycles. The van der Waals surface area contributed by atoms with Gasteiger partial charge in [-0.15, -0.1) is 0 Å². The van der Waals surface area contributed by atoms with Crippen LogP contribution in [0.3, 0.4) is 0 Å². The SMILES string of the molecule is CCCCCC(O)C(C)(C)C. The molecule has 1 unspecified atom stereocenters. The molecule has 0 aromatic rings. The topological polar surface area (TPSA) is 20.2 Å². The van der Waals surface area contributed by atoms with Crippen molar-refractivity contribution in [3.05, 3.63) is 0 Å². The minimum atomic E-state index is -0.131. The van der Waals surface area contributed by atoms with Crippen LogP contribution in [-0.4, -0.2) is 11.2 Å². The monoisotopic (exact) mass is 158 g/mol. The molecule has 0 heterocycles. The number of hydrogen-bond acceptors (Lipinski definition) is 1. The van der Waals surface area contributed by atoms with Crippen molar-refractivity contribution in [3.8, 4) is 0 Å². The van der Waals surface area contributed by atoms with Crippen LogP contribution in [0.2, 0.25) is 0 Å². The van der Waals surface area contributed by atoms with E-state index in [4.69, 9.17) is 0 Å². The standard InChI is InChI=1S/C10H22O/c1-5-6-7-8-9(11)10(2,3)4/h9,11H,5-8H2,1-4H3. The molecule has 0 radical (unpaired) electrons. The second-order valence-corrected chi connectivity index (χ2v) is 4.38. The van der Waals surface area contributed by atoms with Crippen LogP contribution < -0.4 is 0 Å². The summed E-state index contributed by atoms with van der Waals surface area (Å²) in [6.45, 7) is 8.44. The normalized spacial score (nSPS) is 15.0. The third-order valence-corrected chi connectivity index (χ3v) is 2.08. The Labute approximate surface area is 70.8 Å². The molecule has 0 saturated carbocycles. The van der Waals surface area contributed by atoms with Gasteiger partial charge in [-0.25, -0.2) is 0 Å². The molecule has 0 aromatic heterocycles. The molecule has 11 heavy (non-hydrogen) atoms. The summed E-state index contributed by atoms with van der Waals surface area (Å²) in [6, 6.07) is 0. The predicted molar refractivity (Wildman–Crippen MR) is 49.6 cm³/mol. The van der Waals surface area contributed by atoms with Crippen LogP contribution in [-0.2, 0) is 0 Å². The first kappa shape index (κ1) is 11.0. The molecule has 0 aliphatic carbocycles. The number of aliphatic hydroxyl groups excluding tert-OH is 1. The van der Waals surface area contributed by atoms with Gasteiger partial charge < -0.3 is 5.11 Å². The fourth-order valence-electron chi connectivity index (χ4n) is 1.02. The molecule has 68 valence electrons. The summed E-state index contributed by atoms with van der Waals surface area (Å²) in [4.78, 5) is 0. The van der Waals surface area contributed by atoms with Crippen LogP contribution in [0.1, 0.15) is 53.4 Å². The maximum absolute atomic E-state index is 9.61. The third-order valence-electron chi connectivity index (χ3n) is 2.08. The largest absolute Gasteiger partial charge is 0.393 e. The molecule has 0 aliphatic rings.